The lowest BCUT2D eigenvalue weighted by molar-refractivity contribution is 0.681. The number of hydrogen-bond acceptors (Lipinski definition) is 3. The third-order valence-electron chi connectivity index (χ3n) is 2.46. The molecule has 0 aromatic heterocycles. The lowest BCUT2D eigenvalue weighted by Gasteiger charge is -2.04. The van der Waals surface area contributed by atoms with Crippen LogP contribution in [0.1, 0.15) is 5.56 Å². The standard InChI is InChI=1S/C14H12N2OS/c1-18(17,14-5-3-2-4-6-14)16-13-9-7-12(11-15)8-10-13/h2-10H,1H3. The van der Waals surface area contributed by atoms with E-state index in [-0.39, 0.29) is 0 Å². The Morgan fingerprint density at radius 3 is 2.22 bits per heavy atom. The fraction of sp³-hybridized carbons (Fsp3) is 0.0714. The Bertz CT molecular complexity index is 691. The largest absolute Gasteiger partial charge is 0.245 e. The van der Waals surface area contributed by atoms with Gasteiger partial charge >= 0.3 is 0 Å². The van der Waals surface area contributed by atoms with Crippen LogP contribution in [0.4, 0.5) is 5.69 Å². The van der Waals surface area contributed by atoms with Gasteiger partial charge in [-0.15, -0.1) is 0 Å². The molecule has 0 saturated heterocycles. The number of hydrogen-bond donors (Lipinski definition) is 0. The van der Waals surface area contributed by atoms with Gasteiger partial charge in [-0.2, -0.15) is 9.62 Å². The van der Waals surface area contributed by atoms with Gasteiger partial charge in [-0.1, -0.05) is 18.2 Å². The van der Waals surface area contributed by atoms with Gasteiger partial charge in [-0.25, -0.2) is 4.21 Å². The Morgan fingerprint density at radius 1 is 1.06 bits per heavy atom. The summed E-state index contributed by atoms with van der Waals surface area (Å²) in [5, 5.41) is 8.70. The van der Waals surface area contributed by atoms with Crippen molar-refractivity contribution in [2.24, 2.45) is 4.36 Å². The zero-order valence-corrected chi connectivity index (χ0v) is 10.7. The van der Waals surface area contributed by atoms with Crippen molar-refractivity contribution < 1.29 is 4.21 Å². The van der Waals surface area contributed by atoms with E-state index >= 15 is 0 Å². The molecule has 3 nitrogen and oxygen atoms in total. The maximum absolute atomic E-state index is 12.5. The first-order valence-corrected chi connectivity index (χ1v) is 7.31. The van der Waals surface area contributed by atoms with Gasteiger partial charge in [-0.3, -0.25) is 0 Å². The first kappa shape index (κ1) is 12.3. The van der Waals surface area contributed by atoms with E-state index in [9.17, 15) is 4.21 Å². The van der Waals surface area contributed by atoms with Gasteiger partial charge in [0, 0.05) is 11.2 Å². The number of rotatable bonds is 2. The Kier molecular flexibility index (Phi) is 3.45. The van der Waals surface area contributed by atoms with Crippen LogP contribution in [0.25, 0.3) is 0 Å². The Morgan fingerprint density at radius 2 is 1.67 bits per heavy atom. The summed E-state index contributed by atoms with van der Waals surface area (Å²) in [6.07, 6.45) is 1.61. The number of nitriles is 1. The van der Waals surface area contributed by atoms with Gasteiger partial charge < -0.3 is 0 Å². The molecule has 0 aliphatic rings. The van der Waals surface area contributed by atoms with Crippen LogP contribution < -0.4 is 0 Å². The minimum Gasteiger partial charge on any atom is -0.245 e. The van der Waals surface area contributed by atoms with Crippen LogP contribution in [-0.2, 0) is 9.73 Å². The minimum atomic E-state index is -2.44. The van der Waals surface area contributed by atoms with Crippen LogP contribution in [-0.4, -0.2) is 10.5 Å². The van der Waals surface area contributed by atoms with Crippen LogP contribution in [0.5, 0.6) is 0 Å². The summed E-state index contributed by atoms with van der Waals surface area (Å²) in [6.45, 7) is 0. The van der Waals surface area contributed by atoms with Crippen molar-refractivity contribution in [2.75, 3.05) is 6.26 Å². The second-order valence-electron chi connectivity index (χ2n) is 3.87. The smallest absolute Gasteiger partial charge is 0.0991 e. The van der Waals surface area contributed by atoms with E-state index in [0.717, 1.165) is 0 Å². The summed E-state index contributed by atoms with van der Waals surface area (Å²) in [6, 6.07) is 17.9. The highest BCUT2D eigenvalue weighted by Crippen LogP contribution is 2.19. The second kappa shape index (κ2) is 5.03. The second-order valence-corrected chi connectivity index (χ2v) is 6.12. The quantitative estimate of drug-likeness (QED) is 0.827. The highest BCUT2D eigenvalue weighted by Gasteiger charge is 2.05. The minimum absolute atomic E-state index is 0.566. The third kappa shape index (κ3) is 2.76. The summed E-state index contributed by atoms with van der Waals surface area (Å²) in [7, 11) is -2.44. The van der Waals surface area contributed by atoms with Crippen molar-refractivity contribution in [1.82, 2.24) is 0 Å². The topological polar surface area (TPSA) is 53.2 Å². The molecule has 2 aromatic carbocycles. The molecule has 4 heteroatoms. The predicted octanol–water partition coefficient (Wildman–Crippen LogP) is 3.35. The lowest BCUT2D eigenvalue weighted by atomic mass is 10.2. The van der Waals surface area contributed by atoms with E-state index in [1.165, 1.54) is 0 Å². The maximum Gasteiger partial charge on any atom is 0.0991 e. The molecule has 18 heavy (non-hydrogen) atoms. The Hall–Kier alpha value is -2.12. The van der Waals surface area contributed by atoms with Crippen molar-refractivity contribution in [1.29, 1.82) is 5.26 Å². The van der Waals surface area contributed by atoms with Gasteiger partial charge in [0.05, 0.1) is 27.0 Å². The van der Waals surface area contributed by atoms with Crippen LogP contribution in [0, 0.1) is 11.3 Å². The fourth-order valence-corrected chi connectivity index (χ4v) is 2.82. The SMILES string of the molecule is CS(=O)(=Nc1ccc(C#N)cc1)c1ccccc1. The van der Waals surface area contributed by atoms with Crippen LogP contribution in [0.2, 0.25) is 0 Å². The lowest BCUT2D eigenvalue weighted by Crippen LogP contribution is -1.96. The van der Waals surface area contributed by atoms with E-state index in [4.69, 9.17) is 5.26 Å². The molecular weight excluding hydrogens is 244 g/mol. The van der Waals surface area contributed by atoms with Crippen LogP contribution in [0.3, 0.4) is 0 Å². The third-order valence-corrected chi connectivity index (χ3v) is 4.16. The van der Waals surface area contributed by atoms with E-state index in [2.05, 4.69) is 4.36 Å². The molecule has 2 rings (SSSR count). The van der Waals surface area contributed by atoms with Crippen molar-refractivity contribution in [3.05, 3.63) is 60.2 Å². The molecule has 0 saturated carbocycles. The van der Waals surface area contributed by atoms with Gasteiger partial charge in [0.15, 0.2) is 0 Å². The molecule has 0 fully saturated rings. The van der Waals surface area contributed by atoms with E-state index in [0.29, 0.717) is 16.1 Å². The Balaban J connectivity index is 2.44. The summed E-state index contributed by atoms with van der Waals surface area (Å²) in [5.41, 5.74) is 1.18. The van der Waals surface area contributed by atoms with E-state index < -0.39 is 9.73 Å². The number of nitrogens with zero attached hydrogens (tertiary/aromatic N) is 2. The molecule has 0 bridgehead atoms. The highest BCUT2D eigenvalue weighted by molar-refractivity contribution is 7.93. The molecule has 1 atom stereocenters. The van der Waals surface area contributed by atoms with Crippen LogP contribution in [0.15, 0.2) is 63.9 Å². The molecule has 2 aromatic rings. The summed E-state index contributed by atoms with van der Waals surface area (Å²) >= 11 is 0. The molecule has 0 radical (unpaired) electrons. The Labute approximate surface area is 107 Å². The maximum atomic E-state index is 12.5. The van der Waals surface area contributed by atoms with E-state index in [1.807, 2.05) is 24.3 Å². The molecule has 0 N–H and O–H groups in total. The molecule has 0 heterocycles. The monoisotopic (exact) mass is 256 g/mol. The molecule has 0 aliphatic heterocycles. The van der Waals surface area contributed by atoms with Gasteiger partial charge in [0.2, 0.25) is 0 Å². The molecule has 1 unspecified atom stereocenters. The van der Waals surface area contributed by atoms with Crippen LogP contribution >= 0.6 is 0 Å². The molecular formula is C14H12N2OS. The summed E-state index contributed by atoms with van der Waals surface area (Å²) in [5.74, 6) is 0. The van der Waals surface area contributed by atoms with Gasteiger partial charge in [-0.05, 0) is 36.4 Å². The first-order valence-electron chi connectivity index (χ1n) is 5.39. The van der Waals surface area contributed by atoms with Crippen molar-refractivity contribution in [2.45, 2.75) is 4.90 Å². The normalized spacial score (nSPS) is 13.3. The van der Waals surface area contributed by atoms with Crippen molar-refractivity contribution >= 4 is 15.4 Å². The average molecular weight is 256 g/mol. The average Bonchev–Trinajstić information content (AvgIpc) is 2.40. The first-order chi connectivity index (χ1) is 8.62. The zero-order valence-electron chi connectivity index (χ0n) is 9.91. The number of benzene rings is 2. The predicted molar refractivity (Wildman–Crippen MR) is 72.0 cm³/mol. The molecule has 0 spiro atoms. The fourth-order valence-electron chi connectivity index (χ4n) is 1.52. The van der Waals surface area contributed by atoms with Gasteiger partial charge in [0.1, 0.15) is 0 Å². The van der Waals surface area contributed by atoms with Crippen molar-refractivity contribution in [3.8, 4) is 6.07 Å². The van der Waals surface area contributed by atoms with Crippen molar-refractivity contribution in [3.63, 3.8) is 0 Å². The molecule has 0 aliphatic carbocycles. The highest BCUT2D eigenvalue weighted by atomic mass is 32.2. The summed E-state index contributed by atoms with van der Waals surface area (Å²) < 4.78 is 16.7. The molecule has 0 amide bonds. The van der Waals surface area contributed by atoms with Gasteiger partial charge in [0.25, 0.3) is 0 Å². The molecule has 90 valence electrons. The zero-order chi connectivity index (χ0) is 13.0. The van der Waals surface area contributed by atoms with E-state index in [1.54, 1.807) is 42.7 Å². The summed E-state index contributed by atoms with van der Waals surface area (Å²) in [4.78, 5) is 0.703.